The van der Waals surface area contributed by atoms with E-state index in [2.05, 4.69) is 4.90 Å². The highest BCUT2D eigenvalue weighted by atomic mass is 16.5. The SMILES string of the molecule is CCC(=O)N(c1ccccc1)C1(C(=O)OC)CCN(CCN2C(=O)CCN2c2ccccc2)CC1. The normalized spacial score (nSPS) is 17.9. The van der Waals surface area contributed by atoms with Gasteiger partial charge in [0.05, 0.1) is 19.3 Å². The molecule has 0 aromatic heterocycles. The Bertz CT molecular complexity index is 1020. The van der Waals surface area contributed by atoms with E-state index in [9.17, 15) is 14.4 Å². The summed E-state index contributed by atoms with van der Waals surface area (Å²) in [5.74, 6) is -0.359. The second-order valence-electron chi connectivity index (χ2n) is 9.01. The van der Waals surface area contributed by atoms with Crippen molar-refractivity contribution in [2.75, 3.05) is 49.7 Å². The number of amides is 2. The molecule has 0 N–H and O–H groups in total. The molecule has 35 heavy (non-hydrogen) atoms. The van der Waals surface area contributed by atoms with Crippen LogP contribution in [0.3, 0.4) is 0 Å². The van der Waals surface area contributed by atoms with Crippen molar-refractivity contribution in [3.05, 3.63) is 60.7 Å². The highest BCUT2D eigenvalue weighted by Crippen LogP contribution is 2.35. The van der Waals surface area contributed by atoms with Crippen LogP contribution in [0.4, 0.5) is 11.4 Å². The molecule has 2 saturated heterocycles. The first kappa shape index (κ1) is 24.7. The molecule has 8 nitrogen and oxygen atoms in total. The first-order valence-electron chi connectivity index (χ1n) is 12.3. The number of nitrogens with zero attached hydrogens (tertiary/aromatic N) is 4. The second-order valence-corrected chi connectivity index (χ2v) is 9.01. The number of benzene rings is 2. The van der Waals surface area contributed by atoms with Gasteiger partial charge >= 0.3 is 5.97 Å². The summed E-state index contributed by atoms with van der Waals surface area (Å²) in [6.45, 7) is 5.02. The zero-order valence-electron chi connectivity index (χ0n) is 20.6. The van der Waals surface area contributed by atoms with E-state index in [-0.39, 0.29) is 17.8 Å². The van der Waals surface area contributed by atoms with E-state index in [1.807, 2.05) is 77.6 Å². The number of likely N-dealkylation sites (tertiary alicyclic amines) is 1. The fourth-order valence-electron chi connectivity index (χ4n) is 5.16. The van der Waals surface area contributed by atoms with Crippen molar-refractivity contribution in [3.8, 4) is 0 Å². The van der Waals surface area contributed by atoms with Crippen molar-refractivity contribution in [2.45, 2.75) is 38.1 Å². The van der Waals surface area contributed by atoms with Crippen LogP contribution < -0.4 is 9.91 Å². The van der Waals surface area contributed by atoms with E-state index in [1.165, 1.54) is 7.11 Å². The van der Waals surface area contributed by atoms with E-state index >= 15 is 0 Å². The maximum absolute atomic E-state index is 13.1. The van der Waals surface area contributed by atoms with E-state index in [0.29, 0.717) is 64.1 Å². The van der Waals surface area contributed by atoms with Crippen molar-refractivity contribution in [3.63, 3.8) is 0 Å². The molecule has 0 aliphatic carbocycles. The number of hydrogen-bond acceptors (Lipinski definition) is 6. The molecule has 2 aromatic carbocycles. The predicted molar refractivity (Wildman–Crippen MR) is 135 cm³/mol. The molecule has 0 unspecified atom stereocenters. The van der Waals surface area contributed by atoms with Crippen LogP contribution in [-0.2, 0) is 19.1 Å². The van der Waals surface area contributed by atoms with Crippen LogP contribution in [0.2, 0.25) is 0 Å². The molecule has 0 saturated carbocycles. The minimum Gasteiger partial charge on any atom is -0.467 e. The van der Waals surface area contributed by atoms with Crippen LogP contribution >= 0.6 is 0 Å². The van der Waals surface area contributed by atoms with Gasteiger partial charge in [-0.05, 0) is 37.1 Å². The topological polar surface area (TPSA) is 73.4 Å². The van der Waals surface area contributed by atoms with Crippen LogP contribution in [0, 0.1) is 0 Å². The van der Waals surface area contributed by atoms with Crippen LogP contribution in [0.15, 0.2) is 60.7 Å². The molecular weight excluding hydrogens is 444 g/mol. The fraction of sp³-hybridized carbons (Fsp3) is 0.444. The Labute approximate surface area is 207 Å². The van der Waals surface area contributed by atoms with Gasteiger partial charge in [-0.2, -0.15) is 0 Å². The van der Waals surface area contributed by atoms with Gasteiger partial charge in [0.25, 0.3) is 0 Å². The van der Waals surface area contributed by atoms with Gasteiger partial charge in [0, 0.05) is 44.7 Å². The lowest BCUT2D eigenvalue weighted by molar-refractivity contribution is -0.151. The van der Waals surface area contributed by atoms with Crippen molar-refractivity contribution in [1.82, 2.24) is 9.91 Å². The highest BCUT2D eigenvalue weighted by molar-refractivity contribution is 6.02. The Kier molecular flexibility index (Phi) is 7.70. The molecule has 2 aromatic rings. The summed E-state index contributed by atoms with van der Waals surface area (Å²) in [6.07, 6.45) is 1.74. The van der Waals surface area contributed by atoms with Gasteiger partial charge in [-0.15, -0.1) is 0 Å². The molecular formula is C27H34N4O4. The Morgan fingerprint density at radius 3 is 2.17 bits per heavy atom. The number of rotatable bonds is 8. The average Bonchev–Trinajstić information content (AvgIpc) is 3.28. The standard InChI is InChI=1S/C27H34N4O4/c1-3-24(32)31(23-12-8-5-9-13-23)27(26(34)35-2)15-18-28(19-16-27)20-21-30-25(33)14-17-29(30)22-10-6-4-7-11-22/h4-13H,3,14-21H2,1-2H3. The number of para-hydroxylation sites is 2. The first-order chi connectivity index (χ1) is 17.0. The third-order valence-electron chi connectivity index (χ3n) is 7.04. The van der Waals surface area contributed by atoms with Gasteiger partial charge in [-0.3, -0.25) is 24.5 Å². The van der Waals surface area contributed by atoms with Crippen LogP contribution in [0.5, 0.6) is 0 Å². The zero-order valence-corrected chi connectivity index (χ0v) is 20.6. The maximum Gasteiger partial charge on any atom is 0.332 e. The van der Waals surface area contributed by atoms with Crippen LogP contribution in [-0.4, -0.2) is 73.1 Å². The van der Waals surface area contributed by atoms with Crippen molar-refractivity contribution in [1.29, 1.82) is 0 Å². The smallest absolute Gasteiger partial charge is 0.332 e. The number of esters is 1. The summed E-state index contributed by atoms with van der Waals surface area (Å²) < 4.78 is 5.23. The number of hydrogen-bond donors (Lipinski definition) is 0. The summed E-state index contributed by atoms with van der Waals surface area (Å²) in [5, 5.41) is 3.87. The number of ether oxygens (including phenoxy) is 1. The number of piperidine rings is 1. The van der Waals surface area contributed by atoms with E-state index in [4.69, 9.17) is 4.74 Å². The van der Waals surface area contributed by atoms with Gasteiger partial charge in [0.1, 0.15) is 5.54 Å². The predicted octanol–water partition coefficient (Wildman–Crippen LogP) is 3.09. The number of anilines is 2. The molecule has 2 aliphatic rings. The third-order valence-corrected chi connectivity index (χ3v) is 7.04. The van der Waals surface area contributed by atoms with Crippen molar-refractivity contribution < 1.29 is 19.1 Å². The monoisotopic (exact) mass is 478 g/mol. The zero-order chi connectivity index (χ0) is 24.8. The molecule has 8 heteroatoms. The molecule has 2 heterocycles. The number of carbonyl (C=O) groups is 3. The van der Waals surface area contributed by atoms with E-state index < -0.39 is 5.54 Å². The lowest BCUT2D eigenvalue weighted by atomic mass is 9.84. The van der Waals surface area contributed by atoms with Crippen molar-refractivity contribution >= 4 is 29.2 Å². The summed E-state index contributed by atoms with van der Waals surface area (Å²) >= 11 is 0. The molecule has 0 radical (unpaired) electrons. The second kappa shape index (κ2) is 10.9. The van der Waals surface area contributed by atoms with Gasteiger partial charge < -0.3 is 9.64 Å². The largest absolute Gasteiger partial charge is 0.467 e. The van der Waals surface area contributed by atoms with Crippen molar-refractivity contribution in [2.24, 2.45) is 0 Å². The van der Waals surface area contributed by atoms with Gasteiger partial charge in [-0.1, -0.05) is 43.3 Å². The van der Waals surface area contributed by atoms with Crippen LogP contribution in [0.1, 0.15) is 32.6 Å². The Morgan fingerprint density at radius 2 is 1.57 bits per heavy atom. The third kappa shape index (κ3) is 5.03. The number of hydrazine groups is 1. The lowest BCUT2D eigenvalue weighted by Crippen LogP contribution is -2.63. The van der Waals surface area contributed by atoms with Gasteiger partial charge in [0.15, 0.2) is 0 Å². The molecule has 2 amide bonds. The molecule has 0 spiro atoms. The molecule has 0 atom stereocenters. The number of carbonyl (C=O) groups excluding carboxylic acids is 3. The molecule has 186 valence electrons. The highest BCUT2D eigenvalue weighted by Gasteiger charge is 2.49. The Balaban J connectivity index is 1.47. The first-order valence-corrected chi connectivity index (χ1v) is 12.3. The molecule has 0 bridgehead atoms. The van der Waals surface area contributed by atoms with E-state index in [0.717, 1.165) is 5.69 Å². The Morgan fingerprint density at radius 1 is 0.943 bits per heavy atom. The van der Waals surface area contributed by atoms with Crippen LogP contribution in [0.25, 0.3) is 0 Å². The quantitative estimate of drug-likeness (QED) is 0.543. The van der Waals surface area contributed by atoms with Gasteiger partial charge in [-0.25, -0.2) is 4.79 Å². The molecule has 2 fully saturated rings. The minimum absolute atomic E-state index is 0.101. The number of methoxy groups -OCH3 is 1. The summed E-state index contributed by atoms with van der Waals surface area (Å²) in [5.41, 5.74) is 0.678. The maximum atomic E-state index is 13.1. The molecule has 2 aliphatic heterocycles. The van der Waals surface area contributed by atoms with Gasteiger partial charge in [0.2, 0.25) is 11.8 Å². The summed E-state index contributed by atoms with van der Waals surface area (Å²) in [6, 6.07) is 19.3. The lowest BCUT2D eigenvalue weighted by Gasteiger charge is -2.46. The summed E-state index contributed by atoms with van der Waals surface area (Å²) in [7, 11) is 1.38. The Hall–Kier alpha value is -3.39. The fourth-order valence-corrected chi connectivity index (χ4v) is 5.16. The minimum atomic E-state index is -1.04. The van der Waals surface area contributed by atoms with E-state index in [1.54, 1.807) is 4.90 Å². The summed E-state index contributed by atoms with van der Waals surface area (Å²) in [4.78, 5) is 42.7. The average molecular weight is 479 g/mol. The molecule has 4 rings (SSSR count).